The van der Waals surface area contributed by atoms with Gasteiger partial charge in [0.15, 0.2) is 0 Å². The van der Waals surface area contributed by atoms with Gasteiger partial charge in [-0.15, -0.1) is 12.6 Å². The van der Waals surface area contributed by atoms with Gasteiger partial charge in [-0.1, -0.05) is 0 Å². The van der Waals surface area contributed by atoms with E-state index < -0.39 is 31.4 Å². The Morgan fingerprint density at radius 3 is 2.38 bits per heavy atom. The van der Waals surface area contributed by atoms with Crippen LogP contribution in [-0.2, 0) is 4.74 Å². The van der Waals surface area contributed by atoms with Gasteiger partial charge in [0.1, 0.15) is 11.9 Å². The average molecular weight is 319 g/mol. The predicted molar refractivity (Wildman–Crippen MR) is 79.5 cm³/mol. The van der Waals surface area contributed by atoms with Crippen molar-refractivity contribution in [2.24, 2.45) is 0 Å². The lowest BCUT2D eigenvalue weighted by molar-refractivity contribution is -0.250. The molecule has 8 heteroatoms. The van der Waals surface area contributed by atoms with Gasteiger partial charge in [-0.2, -0.15) is 0 Å². The Morgan fingerprint density at radius 1 is 1.29 bits per heavy atom. The van der Waals surface area contributed by atoms with Crippen molar-refractivity contribution in [2.45, 2.75) is 36.6 Å². The molecule has 0 aliphatic rings. The number of ether oxygens (including phenoxy) is 2. The van der Waals surface area contributed by atoms with Crippen LogP contribution in [0.1, 0.15) is 6.92 Å². The maximum absolute atomic E-state index is 9.40. The van der Waals surface area contributed by atoms with E-state index in [4.69, 9.17) is 14.6 Å². The second-order valence-electron chi connectivity index (χ2n) is 4.43. The van der Waals surface area contributed by atoms with Gasteiger partial charge in [-0.3, -0.25) is 0 Å². The van der Waals surface area contributed by atoms with Crippen molar-refractivity contribution in [2.75, 3.05) is 19.0 Å². The Hall–Kier alpha value is -1.03. The van der Waals surface area contributed by atoms with Crippen LogP contribution in [0, 0.1) is 0 Å². The first-order valence-electron chi connectivity index (χ1n) is 6.37. The molecular formula is C13H21NO6S. The summed E-state index contributed by atoms with van der Waals surface area (Å²) in [6, 6.07) is 4.88. The van der Waals surface area contributed by atoms with E-state index in [1.165, 1.54) is 6.92 Å². The highest BCUT2D eigenvalue weighted by Gasteiger charge is 2.26. The first kappa shape index (κ1) is 18.0. The largest absolute Gasteiger partial charge is 0.459 e. The molecule has 3 atom stereocenters. The topological polar surface area (TPSA) is 111 Å². The SMILES string of the molecule is CNc1ccc(OC(OC(CO)C(C)O)C(O)O)cc1S. The molecule has 1 rings (SSSR count). The number of aliphatic hydroxyl groups excluding tert-OH is 3. The summed E-state index contributed by atoms with van der Waals surface area (Å²) in [5.74, 6) is 0.305. The summed E-state index contributed by atoms with van der Waals surface area (Å²) in [5, 5.41) is 40.0. The molecule has 3 unspecified atom stereocenters. The maximum atomic E-state index is 9.40. The van der Waals surface area contributed by atoms with E-state index in [0.29, 0.717) is 10.6 Å². The molecule has 0 aliphatic carbocycles. The number of nitrogens with one attached hydrogen (secondary N) is 1. The summed E-state index contributed by atoms with van der Waals surface area (Å²) in [5.41, 5.74) is 0.782. The van der Waals surface area contributed by atoms with E-state index in [0.717, 1.165) is 5.69 Å². The standard InChI is InChI=1S/C13H21NO6S/c1-7(16)10(6-15)20-13(12(17)18)19-8-3-4-9(14-2)11(21)5-8/h3-5,7,10,12-18,21H,6H2,1-2H3. The molecule has 1 aromatic carbocycles. The quantitative estimate of drug-likeness (QED) is 0.290. The molecule has 7 nitrogen and oxygen atoms in total. The van der Waals surface area contributed by atoms with E-state index in [2.05, 4.69) is 17.9 Å². The zero-order chi connectivity index (χ0) is 16.0. The van der Waals surface area contributed by atoms with Crippen LogP contribution in [0.15, 0.2) is 23.1 Å². The van der Waals surface area contributed by atoms with Crippen molar-refractivity contribution in [3.05, 3.63) is 18.2 Å². The molecule has 0 radical (unpaired) electrons. The molecule has 21 heavy (non-hydrogen) atoms. The van der Waals surface area contributed by atoms with Crippen LogP contribution in [0.4, 0.5) is 5.69 Å². The molecule has 0 spiro atoms. The summed E-state index contributed by atoms with van der Waals surface area (Å²) in [6.07, 6.45) is -5.38. The molecule has 120 valence electrons. The molecule has 0 aliphatic heterocycles. The summed E-state index contributed by atoms with van der Waals surface area (Å²) in [7, 11) is 1.74. The zero-order valence-corrected chi connectivity index (χ0v) is 12.7. The minimum absolute atomic E-state index is 0.305. The van der Waals surface area contributed by atoms with Gasteiger partial charge in [0.2, 0.25) is 6.29 Å². The Kier molecular flexibility index (Phi) is 7.23. The minimum Gasteiger partial charge on any atom is -0.459 e. The number of anilines is 1. The van der Waals surface area contributed by atoms with Crippen molar-refractivity contribution < 1.29 is 29.9 Å². The van der Waals surface area contributed by atoms with Crippen LogP contribution in [-0.4, -0.2) is 58.9 Å². The molecule has 0 amide bonds. The van der Waals surface area contributed by atoms with Gasteiger partial charge < -0.3 is 35.2 Å². The summed E-state index contributed by atoms with van der Waals surface area (Å²) < 4.78 is 10.5. The van der Waals surface area contributed by atoms with Crippen LogP contribution in [0.2, 0.25) is 0 Å². The van der Waals surface area contributed by atoms with Crippen LogP contribution in [0.5, 0.6) is 5.75 Å². The fraction of sp³-hybridized carbons (Fsp3) is 0.538. The zero-order valence-electron chi connectivity index (χ0n) is 11.8. The van der Waals surface area contributed by atoms with Crippen LogP contribution in [0.3, 0.4) is 0 Å². The van der Waals surface area contributed by atoms with Crippen molar-refractivity contribution in [1.82, 2.24) is 0 Å². The smallest absolute Gasteiger partial charge is 0.251 e. The molecule has 0 saturated heterocycles. The molecule has 0 fully saturated rings. The van der Waals surface area contributed by atoms with Crippen LogP contribution in [0.25, 0.3) is 0 Å². The van der Waals surface area contributed by atoms with E-state index >= 15 is 0 Å². The normalized spacial score (nSPS) is 15.6. The van der Waals surface area contributed by atoms with E-state index in [-0.39, 0.29) is 0 Å². The highest BCUT2D eigenvalue weighted by atomic mass is 32.1. The first-order chi connectivity index (χ1) is 9.88. The maximum Gasteiger partial charge on any atom is 0.251 e. The summed E-state index contributed by atoms with van der Waals surface area (Å²) in [6.45, 7) is 0.927. The van der Waals surface area contributed by atoms with Crippen molar-refractivity contribution in [1.29, 1.82) is 0 Å². The van der Waals surface area contributed by atoms with Gasteiger partial charge >= 0.3 is 0 Å². The highest BCUT2D eigenvalue weighted by molar-refractivity contribution is 7.80. The summed E-state index contributed by atoms with van der Waals surface area (Å²) >= 11 is 4.25. The Balaban J connectivity index is 2.81. The van der Waals surface area contributed by atoms with Gasteiger partial charge in [-0.05, 0) is 25.1 Å². The number of thiol groups is 1. The van der Waals surface area contributed by atoms with Crippen LogP contribution >= 0.6 is 12.6 Å². The average Bonchev–Trinajstić information content (AvgIpc) is 2.42. The van der Waals surface area contributed by atoms with E-state index in [1.54, 1.807) is 25.2 Å². The van der Waals surface area contributed by atoms with Gasteiger partial charge in [0, 0.05) is 17.6 Å². The number of benzene rings is 1. The number of hydrogen-bond acceptors (Lipinski definition) is 8. The third-order valence-electron chi connectivity index (χ3n) is 2.76. The van der Waals surface area contributed by atoms with Crippen molar-refractivity contribution >= 4 is 18.3 Å². The molecule has 0 saturated carbocycles. The molecule has 0 aromatic heterocycles. The van der Waals surface area contributed by atoms with Crippen molar-refractivity contribution in [3.8, 4) is 5.75 Å². The number of aliphatic hydroxyl groups is 4. The van der Waals surface area contributed by atoms with Gasteiger partial charge in [0.05, 0.1) is 12.7 Å². The minimum atomic E-state index is -1.94. The lowest BCUT2D eigenvalue weighted by Gasteiger charge is -2.27. The fourth-order valence-electron chi connectivity index (χ4n) is 1.57. The predicted octanol–water partition coefficient (Wildman–Crippen LogP) is -0.209. The van der Waals surface area contributed by atoms with E-state index in [1.807, 2.05) is 0 Å². The Bertz CT molecular complexity index is 443. The molecule has 1 aromatic rings. The highest BCUT2D eigenvalue weighted by Crippen LogP contribution is 2.26. The second-order valence-corrected chi connectivity index (χ2v) is 4.91. The summed E-state index contributed by atoms with van der Waals surface area (Å²) in [4.78, 5) is 0.607. The lowest BCUT2D eigenvalue weighted by Crippen LogP contribution is -2.42. The Morgan fingerprint density at radius 2 is 1.95 bits per heavy atom. The number of rotatable bonds is 8. The number of hydrogen-bond donors (Lipinski definition) is 6. The molecule has 5 N–H and O–H groups in total. The first-order valence-corrected chi connectivity index (χ1v) is 6.81. The third kappa shape index (κ3) is 5.34. The molecule has 0 bridgehead atoms. The van der Waals surface area contributed by atoms with Crippen molar-refractivity contribution in [3.63, 3.8) is 0 Å². The van der Waals surface area contributed by atoms with Gasteiger partial charge in [-0.25, -0.2) is 0 Å². The molecular weight excluding hydrogens is 298 g/mol. The monoisotopic (exact) mass is 319 g/mol. The molecule has 0 heterocycles. The Labute approximate surface area is 128 Å². The third-order valence-corrected chi connectivity index (χ3v) is 3.13. The van der Waals surface area contributed by atoms with Gasteiger partial charge in [0.25, 0.3) is 6.29 Å². The van der Waals surface area contributed by atoms with Crippen LogP contribution < -0.4 is 10.1 Å². The van der Waals surface area contributed by atoms with E-state index in [9.17, 15) is 15.3 Å². The second kappa shape index (κ2) is 8.42. The fourth-order valence-corrected chi connectivity index (χ4v) is 1.88. The lowest BCUT2D eigenvalue weighted by atomic mass is 10.2.